The van der Waals surface area contributed by atoms with E-state index >= 15 is 0 Å². The van der Waals surface area contributed by atoms with Crippen LogP contribution in [0.3, 0.4) is 0 Å². The number of aryl methyl sites for hydroxylation is 2. The topological polar surface area (TPSA) is 91.7 Å². The Bertz CT molecular complexity index is 856. The van der Waals surface area contributed by atoms with E-state index in [-0.39, 0.29) is 6.54 Å². The maximum atomic E-state index is 12.7. The Morgan fingerprint density at radius 2 is 1.85 bits per heavy atom. The summed E-state index contributed by atoms with van der Waals surface area (Å²) < 4.78 is 5.49. The van der Waals surface area contributed by atoms with Gasteiger partial charge in [0.15, 0.2) is 5.54 Å². The van der Waals surface area contributed by atoms with E-state index in [1.807, 2.05) is 31.2 Å². The number of amides is 4. The first-order chi connectivity index (χ1) is 12.3. The Kier molecular flexibility index (Phi) is 4.54. The van der Waals surface area contributed by atoms with E-state index in [0.29, 0.717) is 18.1 Å². The molecular weight excluding hydrogens is 334 g/mol. The smallest absolute Gasteiger partial charge is 0.325 e. The molecule has 2 N–H and O–H groups in total. The second kappa shape index (κ2) is 6.67. The molecule has 136 valence electrons. The van der Waals surface area contributed by atoms with E-state index in [1.54, 1.807) is 26.0 Å². The Morgan fingerprint density at radius 1 is 1.15 bits per heavy atom. The number of furan rings is 1. The molecule has 4 amide bonds. The fourth-order valence-electron chi connectivity index (χ4n) is 2.82. The minimum atomic E-state index is -1.30. The molecule has 1 atom stereocenters. The molecule has 0 aliphatic carbocycles. The molecule has 1 aliphatic rings. The number of carbonyl (C=O) groups excluding carboxylic acids is 3. The Labute approximate surface area is 151 Å². The molecule has 2 aromatic rings. The van der Waals surface area contributed by atoms with Crippen LogP contribution in [0.15, 0.2) is 40.8 Å². The standard InChI is InChI=1S/C19H21N3O4/c1-12-4-7-14(8-5-12)10-20-16(23)11-22-17(24)19(3,21-18(22)25)15-9-6-13(2)26-15/h4-9H,10-11H2,1-3H3,(H,20,23)(H,21,25). The van der Waals surface area contributed by atoms with Gasteiger partial charge in [-0.15, -0.1) is 0 Å². The fourth-order valence-corrected chi connectivity index (χ4v) is 2.82. The van der Waals surface area contributed by atoms with Gasteiger partial charge in [-0.3, -0.25) is 14.5 Å². The van der Waals surface area contributed by atoms with Crippen molar-refractivity contribution >= 4 is 17.8 Å². The molecule has 1 aromatic heterocycles. The number of imide groups is 1. The van der Waals surface area contributed by atoms with Crippen molar-refractivity contribution in [3.8, 4) is 0 Å². The summed E-state index contributed by atoms with van der Waals surface area (Å²) in [7, 11) is 0. The van der Waals surface area contributed by atoms with Gasteiger partial charge in [-0.2, -0.15) is 0 Å². The highest BCUT2D eigenvalue weighted by molar-refractivity contribution is 6.08. The van der Waals surface area contributed by atoms with Crippen LogP contribution in [0.1, 0.15) is 29.6 Å². The molecule has 7 heteroatoms. The molecule has 1 saturated heterocycles. The normalized spacial score (nSPS) is 19.6. The van der Waals surface area contributed by atoms with Crippen LogP contribution >= 0.6 is 0 Å². The maximum Gasteiger partial charge on any atom is 0.325 e. The number of nitrogens with zero attached hydrogens (tertiary/aromatic N) is 1. The minimum absolute atomic E-state index is 0.331. The number of hydrogen-bond acceptors (Lipinski definition) is 4. The lowest BCUT2D eigenvalue weighted by Gasteiger charge is -2.19. The number of benzene rings is 1. The lowest BCUT2D eigenvalue weighted by atomic mass is 9.99. The molecule has 0 radical (unpaired) electrons. The van der Waals surface area contributed by atoms with E-state index in [9.17, 15) is 14.4 Å². The number of urea groups is 1. The first-order valence-corrected chi connectivity index (χ1v) is 8.33. The highest BCUT2D eigenvalue weighted by Gasteiger charge is 2.51. The van der Waals surface area contributed by atoms with Crippen molar-refractivity contribution in [1.29, 1.82) is 0 Å². The molecule has 1 fully saturated rings. The number of carbonyl (C=O) groups is 3. The average molecular weight is 355 g/mol. The lowest BCUT2D eigenvalue weighted by molar-refractivity contribution is -0.135. The average Bonchev–Trinajstić information content (AvgIpc) is 3.13. The minimum Gasteiger partial charge on any atom is -0.463 e. The Morgan fingerprint density at radius 3 is 2.46 bits per heavy atom. The van der Waals surface area contributed by atoms with Crippen molar-refractivity contribution in [3.05, 3.63) is 59.0 Å². The van der Waals surface area contributed by atoms with Gasteiger partial charge in [-0.05, 0) is 38.5 Å². The summed E-state index contributed by atoms with van der Waals surface area (Å²) in [5, 5.41) is 5.33. The van der Waals surface area contributed by atoms with Crippen molar-refractivity contribution < 1.29 is 18.8 Å². The van der Waals surface area contributed by atoms with Crippen LogP contribution in [0, 0.1) is 13.8 Å². The molecular formula is C19H21N3O4. The van der Waals surface area contributed by atoms with Gasteiger partial charge in [-0.1, -0.05) is 29.8 Å². The number of hydrogen-bond donors (Lipinski definition) is 2. The third-order valence-corrected chi connectivity index (χ3v) is 4.42. The predicted molar refractivity (Wildman–Crippen MR) is 94.1 cm³/mol. The van der Waals surface area contributed by atoms with E-state index in [4.69, 9.17) is 4.42 Å². The summed E-state index contributed by atoms with van der Waals surface area (Å²) in [6, 6.07) is 10.5. The summed E-state index contributed by atoms with van der Waals surface area (Å²) in [4.78, 5) is 38.0. The van der Waals surface area contributed by atoms with Gasteiger partial charge in [0.25, 0.3) is 5.91 Å². The van der Waals surface area contributed by atoms with E-state index in [0.717, 1.165) is 16.0 Å². The zero-order chi connectivity index (χ0) is 18.9. The molecule has 1 aromatic carbocycles. The first-order valence-electron chi connectivity index (χ1n) is 8.33. The van der Waals surface area contributed by atoms with Crippen LogP contribution in [-0.4, -0.2) is 29.3 Å². The van der Waals surface area contributed by atoms with Crippen LogP contribution in [0.4, 0.5) is 4.79 Å². The molecule has 0 bridgehead atoms. The van der Waals surface area contributed by atoms with E-state index in [1.165, 1.54) is 0 Å². The third-order valence-electron chi connectivity index (χ3n) is 4.42. The van der Waals surface area contributed by atoms with Crippen LogP contribution in [-0.2, 0) is 21.7 Å². The predicted octanol–water partition coefficient (Wildman–Crippen LogP) is 1.98. The molecule has 7 nitrogen and oxygen atoms in total. The summed E-state index contributed by atoms with van der Waals surface area (Å²) in [6.07, 6.45) is 0. The van der Waals surface area contributed by atoms with Gasteiger partial charge in [0.2, 0.25) is 5.91 Å². The summed E-state index contributed by atoms with van der Waals surface area (Å²) >= 11 is 0. The molecule has 1 aliphatic heterocycles. The SMILES string of the molecule is Cc1ccc(CNC(=O)CN2C(=O)NC(C)(c3ccc(C)o3)C2=O)cc1. The van der Waals surface area contributed by atoms with Gasteiger partial charge < -0.3 is 15.1 Å². The highest BCUT2D eigenvalue weighted by Crippen LogP contribution is 2.29. The zero-order valence-electron chi connectivity index (χ0n) is 15.0. The second-order valence-electron chi connectivity index (χ2n) is 6.62. The van der Waals surface area contributed by atoms with Crippen LogP contribution in [0.25, 0.3) is 0 Å². The fraction of sp³-hybridized carbons (Fsp3) is 0.316. The Balaban J connectivity index is 1.64. The summed E-state index contributed by atoms with van der Waals surface area (Å²) in [5.74, 6) is 0.0600. The highest BCUT2D eigenvalue weighted by atomic mass is 16.3. The largest absolute Gasteiger partial charge is 0.463 e. The van der Waals surface area contributed by atoms with E-state index in [2.05, 4.69) is 10.6 Å². The van der Waals surface area contributed by atoms with Crippen molar-refractivity contribution in [2.45, 2.75) is 32.9 Å². The van der Waals surface area contributed by atoms with Gasteiger partial charge in [0.05, 0.1) is 0 Å². The molecule has 2 heterocycles. The molecule has 1 unspecified atom stereocenters. The van der Waals surface area contributed by atoms with Gasteiger partial charge in [0, 0.05) is 6.54 Å². The van der Waals surface area contributed by atoms with Gasteiger partial charge >= 0.3 is 6.03 Å². The quantitative estimate of drug-likeness (QED) is 0.802. The molecule has 0 spiro atoms. The molecule has 26 heavy (non-hydrogen) atoms. The molecule has 0 saturated carbocycles. The van der Waals surface area contributed by atoms with Crippen LogP contribution in [0.5, 0.6) is 0 Å². The van der Waals surface area contributed by atoms with Crippen molar-refractivity contribution in [2.75, 3.05) is 6.54 Å². The first kappa shape index (κ1) is 17.7. The van der Waals surface area contributed by atoms with Gasteiger partial charge in [0.1, 0.15) is 18.1 Å². The lowest BCUT2D eigenvalue weighted by Crippen LogP contribution is -2.43. The van der Waals surface area contributed by atoms with Gasteiger partial charge in [-0.25, -0.2) is 4.79 Å². The van der Waals surface area contributed by atoms with Crippen LogP contribution < -0.4 is 10.6 Å². The van der Waals surface area contributed by atoms with E-state index < -0.39 is 23.4 Å². The second-order valence-corrected chi connectivity index (χ2v) is 6.62. The van der Waals surface area contributed by atoms with Crippen molar-refractivity contribution in [3.63, 3.8) is 0 Å². The summed E-state index contributed by atoms with van der Waals surface area (Å²) in [6.45, 7) is 5.29. The number of nitrogens with one attached hydrogen (secondary N) is 2. The summed E-state index contributed by atoms with van der Waals surface area (Å²) in [5.41, 5.74) is 0.770. The van der Waals surface area contributed by atoms with Crippen molar-refractivity contribution in [1.82, 2.24) is 15.5 Å². The monoisotopic (exact) mass is 355 g/mol. The van der Waals surface area contributed by atoms with Crippen molar-refractivity contribution in [2.24, 2.45) is 0 Å². The Hall–Kier alpha value is -3.09. The maximum absolute atomic E-state index is 12.7. The number of rotatable bonds is 5. The van der Waals surface area contributed by atoms with Crippen LogP contribution in [0.2, 0.25) is 0 Å². The third kappa shape index (κ3) is 3.33. The zero-order valence-corrected chi connectivity index (χ0v) is 15.0. The molecule has 3 rings (SSSR count).